The minimum absolute atomic E-state index is 0.139. The Kier molecular flexibility index (Phi) is 8.88. The molecule has 1 aliphatic heterocycles. The maximum absolute atomic E-state index is 14.9. The summed E-state index contributed by atoms with van der Waals surface area (Å²) in [5.74, 6) is 0.534. The number of ether oxygens (including phenoxy) is 1. The molecule has 3 aromatic rings. The van der Waals surface area contributed by atoms with E-state index in [1.165, 1.54) is 12.1 Å². The summed E-state index contributed by atoms with van der Waals surface area (Å²) >= 11 is 0. The van der Waals surface area contributed by atoms with Gasteiger partial charge in [0.2, 0.25) is 5.88 Å². The van der Waals surface area contributed by atoms with Crippen LogP contribution >= 0.6 is 0 Å². The summed E-state index contributed by atoms with van der Waals surface area (Å²) in [6.45, 7) is 11.3. The number of halogens is 3. The van der Waals surface area contributed by atoms with E-state index in [0.29, 0.717) is 35.2 Å². The Balaban J connectivity index is 1.72. The monoisotopic (exact) mass is 531 g/mol. The van der Waals surface area contributed by atoms with Crippen molar-refractivity contribution in [1.82, 2.24) is 24.8 Å². The molecule has 11 heteroatoms. The highest BCUT2D eigenvalue weighted by Gasteiger charge is 2.24. The molecule has 0 radical (unpaired) electrons. The number of piperazine rings is 1. The number of hydrogen-bond acceptors (Lipinski definition) is 8. The van der Waals surface area contributed by atoms with E-state index in [1.54, 1.807) is 13.8 Å². The number of alkyl halides is 2. The second kappa shape index (κ2) is 12.1. The van der Waals surface area contributed by atoms with E-state index in [2.05, 4.69) is 32.0 Å². The predicted octanol–water partition coefficient (Wildman–Crippen LogP) is 4.67. The number of rotatable bonds is 10. The number of nitrogens with one attached hydrogen (secondary N) is 1. The molecule has 0 unspecified atom stereocenters. The molecule has 1 N–H and O–H groups in total. The number of fused-ring (bicyclic) bond motifs is 1. The normalized spacial score (nSPS) is 15.5. The van der Waals surface area contributed by atoms with E-state index in [9.17, 15) is 13.2 Å². The Morgan fingerprint density at radius 1 is 1.08 bits per heavy atom. The smallest absolute Gasteiger partial charge is 0.266 e. The lowest BCUT2D eigenvalue weighted by Gasteiger charge is -2.36. The Hall–Kier alpha value is -3.18. The first-order chi connectivity index (χ1) is 18.2. The fraction of sp³-hybridized carbons (Fsp3) is 0.519. The van der Waals surface area contributed by atoms with E-state index >= 15 is 0 Å². The number of pyridine rings is 1. The molecule has 4 rings (SSSR count). The van der Waals surface area contributed by atoms with Gasteiger partial charge in [0.1, 0.15) is 29.8 Å². The molecule has 1 aromatic carbocycles. The molecule has 1 saturated heterocycles. The molecule has 0 saturated carbocycles. The lowest BCUT2D eigenvalue weighted by Crippen LogP contribution is -2.46. The number of nitrogens with zero attached hydrogens (tertiary/aromatic N) is 6. The highest BCUT2D eigenvalue weighted by atomic mass is 19.3. The maximum Gasteiger partial charge on any atom is 0.266 e. The van der Waals surface area contributed by atoms with Crippen LogP contribution in [0.3, 0.4) is 0 Å². The van der Waals surface area contributed by atoms with Gasteiger partial charge in [0.15, 0.2) is 5.65 Å². The first-order valence-electron chi connectivity index (χ1n) is 12.9. The molecule has 0 spiro atoms. The van der Waals surface area contributed by atoms with Gasteiger partial charge in [-0.25, -0.2) is 23.1 Å². The summed E-state index contributed by atoms with van der Waals surface area (Å²) in [4.78, 5) is 20.6. The van der Waals surface area contributed by atoms with E-state index in [-0.39, 0.29) is 5.56 Å². The topological polar surface area (TPSA) is 69.6 Å². The Morgan fingerprint density at radius 2 is 1.79 bits per heavy atom. The van der Waals surface area contributed by atoms with Crippen LogP contribution in [-0.2, 0) is 0 Å². The third-order valence-corrected chi connectivity index (χ3v) is 6.80. The molecule has 0 aliphatic carbocycles. The van der Waals surface area contributed by atoms with Crippen LogP contribution in [0.25, 0.3) is 11.0 Å². The second-order valence-electron chi connectivity index (χ2n) is 9.79. The molecule has 2 aromatic heterocycles. The van der Waals surface area contributed by atoms with Crippen molar-refractivity contribution < 1.29 is 17.9 Å². The third kappa shape index (κ3) is 6.27. The van der Waals surface area contributed by atoms with Crippen molar-refractivity contribution in [2.24, 2.45) is 0 Å². The Labute approximate surface area is 221 Å². The Morgan fingerprint density at radius 3 is 2.45 bits per heavy atom. The van der Waals surface area contributed by atoms with Crippen molar-refractivity contribution in [3.8, 4) is 5.88 Å². The lowest BCUT2D eigenvalue weighted by molar-refractivity contribution is 0.146. The minimum Gasteiger partial charge on any atom is -0.475 e. The van der Waals surface area contributed by atoms with Crippen LogP contribution in [0.4, 0.5) is 24.7 Å². The quantitative estimate of drug-likeness (QED) is 0.405. The van der Waals surface area contributed by atoms with Crippen LogP contribution in [-0.4, -0.2) is 84.7 Å². The highest BCUT2D eigenvalue weighted by Crippen LogP contribution is 2.35. The zero-order valence-corrected chi connectivity index (χ0v) is 22.6. The van der Waals surface area contributed by atoms with Crippen molar-refractivity contribution in [2.45, 2.75) is 33.2 Å². The molecule has 1 atom stereocenters. The summed E-state index contributed by atoms with van der Waals surface area (Å²) in [6.07, 6.45) is -2.89. The van der Waals surface area contributed by atoms with Crippen molar-refractivity contribution in [3.63, 3.8) is 0 Å². The SMILES string of the molecule is CCN1CCN(c2cc3c(N[C@H](C)c4cccc(C(F)F)c4F)nc(C)nc3nc2OCCN(C)C)CC1. The number of aromatic nitrogens is 3. The molecular formula is C27H36F3N7O. The minimum atomic E-state index is -2.89. The molecule has 1 fully saturated rings. The van der Waals surface area contributed by atoms with E-state index in [4.69, 9.17) is 9.72 Å². The van der Waals surface area contributed by atoms with Gasteiger partial charge in [-0.3, -0.25) is 0 Å². The number of likely N-dealkylation sites (N-methyl/N-ethyl adjacent to an activating group) is 2. The molecule has 3 heterocycles. The van der Waals surface area contributed by atoms with Gasteiger partial charge in [0, 0.05) is 38.3 Å². The van der Waals surface area contributed by atoms with Crippen LogP contribution in [0.1, 0.15) is 43.3 Å². The van der Waals surface area contributed by atoms with Gasteiger partial charge in [-0.15, -0.1) is 0 Å². The van der Waals surface area contributed by atoms with Gasteiger partial charge >= 0.3 is 0 Å². The van der Waals surface area contributed by atoms with Gasteiger partial charge in [0.05, 0.1) is 17.0 Å². The summed E-state index contributed by atoms with van der Waals surface area (Å²) in [7, 11) is 3.97. The zero-order valence-electron chi connectivity index (χ0n) is 22.6. The van der Waals surface area contributed by atoms with Crippen LogP contribution in [0.5, 0.6) is 5.88 Å². The van der Waals surface area contributed by atoms with Crippen molar-refractivity contribution in [1.29, 1.82) is 0 Å². The second-order valence-corrected chi connectivity index (χ2v) is 9.79. The molecule has 38 heavy (non-hydrogen) atoms. The van der Waals surface area contributed by atoms with Crippen molar-refractivity contribution in [3.05, 3.63) is 47.0 Å². The molecule has 206 valence electrons. The fourth-order valence-corrected chi connectivity index (χ4v) is 4.56. The van der Waals surface area contributed by atoms with Crippen LogP contribution in [0, 0.1) is 12.7 Å². The largest absolute Gasteiger partial charge is 0.475 e. The standard InChI is InChI=1S/C27H36F3N7O/c1-6-36-10-12-37(13-11-36)22-16-21-25(31-17(2)19-8-7-9-20(23(19)28)24(29)30)32-18(3)33-26(21)34-27(22)38-15-14-35(4)5/h7-9,16-17,24H,6,10-15H2,1-5H3,(H,31,32,33,34)/t17-/m1/s1. The van der Waals surface area contributed by atoms with Crippen molar-refractivity contribution >= 4 is 22.5 Å². The van der Waals surface area contributed by atoms with E-state index < -0.39 is 23.8 Å². The molecule has 1 aliphatic rings. The van der Waals surface area contributed by atoms with Gasteiger partial charge in [-0.05, 0) is 40.6 Å². The average molecular weight is 532 g/mol. The van der Waals surface area contributed by atoms with Crippen molar-refractivity contribution in [2.75, 3.05) is 70.2 Å². The maximum atomic E-state index is 14.9. The van der Waals surface area contributed by atoms with Crippen LogP contribution in [0.15, 0.2) is 24.3 Å². The molecule has 0 amide bonds. The first kappa shape index (κ1) is 27.8. The summed E-state index contributed by atoms with van der Waals surface area (Å²) < 4.78 is 47.6. The molecular weight excluding hydrogens is 495 g/mol. The summed E-state index contributed by atoms with van der Waals surface area (Å²) in [6, 6.07) is 5.39. The predicted molar refractivity (Wildman–Crippen MR) is 144 cm³/mol. The van der Waals surface area contributed by atoms with Gasteiger partial charge < -0.3 is 24.8 Å². The number of anilines is 2. The lowest BCUT2D eigenvalue weighted by atomic mass is 10.0. The van der Waals surface area contributed by atoms with E-state index in [1.807, 2.05) is 25.1 Å². The van der Waals surface area contributed by atoms with Gasteiger partial charge in [-0.1, -0.05) is 25.1 Å². The summed E-state index contributed by atoms with van der Waals surface area (Å²) in [5, 5.41) is 3.88. The van der Waals surface area contributed by atoms with Gasteiger partial charge in [0.25, 0.3) is 6.43 Å². The molecule has 8 nitrogen and oxygen atoms in total. The number of aryl methyl sites for hydroxylation is 1. The van der Waals surface area contributed by atoms with Crippen LogP contribution in [0.2, 0.25) is 0 Å². The number of benzene rings is 1. The highest BCUT2D eigenvalue weighted by molar-refractivity contribution is 5.90. The molecule has 0 bridgehead atoms. The van der Waals surface area contributed by atoms with Crippen LogP contribution < -0.4 is 15.0 Å². The first-order valence-corrected chi connectivity index (χ1v) is 12.9. The third-order valence-electron chi connectivity index (χ3n) is 6.80. The van der Waals surface area contributed by atoms with E-state index in [0.717, 1.165) is 51.0 Å². The summed E-state index contributed by atoms with van der Waals surface area (Å²) in [5.41, 5.74) is 0.820. The Bertz CT molecular complexity index is 1250. The zero-order chi connectivity index (χ0) is 27.4. The average Bonchev–Trinajstić information content (AvgIpc) is 2.88. The number of hydrogen-bond donors (Lipinski definition) is 1. The fourth-order valence-electron chi connectivity index (χ4n) is 4.56. The van der Waals surface area contributed by atoms with Gasteiger partial charge in [-0.2, -0.15) is 4.98 Å².